The van der Waals surface area contributed by atoms with Crippen molar-refractivity contribution in [2.45, 2.75) is 9.79 Å². The van der Waals surface area contributed by atoms with Crippen LogP contribution in [0.25, 0.3) is 43.1 Å². The third-order valence-corrected chi connectivity index (χ3v) is 11.1. The maximum Gasteiger partial charge on any atom is 1.00 e. The van der Waals surface area contributed by atoms with Crippen molar-refractivity contribution in [1.82, 2.24) is 0 Å². The molecular formula is C40H25N6NaO14S2. The Balaban J connectivity index is 0.000000206. The van der Waals surface area contributed by atoms with Gasteiger partial charge in [-0.25, -0.2) is 8.42 Å². The van der Waals surface area contributed by atoms with E-state index >= 15 is 0 Å². The summed E-state index contributed by atoms with van der Waals surface area (Å²) in [5.41, 5.74) is -1.10. The fourth-order valence-electron chi connectivity index (χ4n) is 6.42. The van der Waals surface area contributed by atoms with Crippen LogP contribution in [0, 0.1) is 20.2 Å². The number of rotatable bonds is 8. The van der Waals surface area contributed by atoms with Gasteiger partial charge in [0.15, 0.2) is 11.5 Å². The van der Waals surface area contributed by atoms with Crippen molar-refractivity contribution in [2.75, 3.05) is 0 Å². The molecule has 0 aliphatic rings. The van der Waals surface area contributed by atoms with E-state index in [-0.39, 0.29) is 85.4 Å². The van der Waals surface area contributed by atoms with Crippen LogP contribution in [0.15, 0.2) is 152 Å². The zero-order chi connectivity index (χ0) is 44.7. The Morgan fingerprint density at radius 1 is 0.476 bits per heavy atom. The molecule has 0 fully saturated rings. The summed E-state index contributed by atoms with van der Waals surface area (Å²) in [6, 6.07) is 28.3. The van der Waals surface area contributed by atoms with Gasteiger partial charge in [0.2, 0.25) is 0 Å². The summed E-state index contributed by atoms with van der Waals surface area (Å²) in [6.07, 6.45) is 0. The van der Waals surface area contributed by atoms with Crippen LogP contribution in [0.3, 0.4) is 0 Å². The van der Waals surface area contributed by atoms with Crippen LogP contribution in [0.1, 0.15) is 0 Å². The molecule has 0 saturated heterocycles. The molecule has 0 aliphatic heterocycles. The summed E-state index contributed by atoms with van der Waals surface area (Å²) >= 11 is 0. The number of nitro groups is 2. The van der Waals surface area contributed by atoms with Gasteiger partial charge in [-0.1, -0.05) is 60.7 Å². The van der Waals surface area contributed by atoms with E-state index in [1.165, 1.54) is 18.2 Å². The van der Waals surface area contributed by atoms with Crippen molar-refractivity contribution < 1.29 is 85.8 Å². The first-order valence-corrected chi connectivity index (χ1v) is 20.2. The van der Waals surface area contributed by atoms with E-state index in [1.807, 2.05) is 6.07 Å². The zero-order valence-corrected chi connectivity index (χ0v) is 35.6. The summed E-state index contributed by atoms with van der Waals surface area (Å²) < 4.78 is 67.8. The molecule has 0 bridgehead atoms. The van der Waals surface area contributed by atoms with Gasteiger partial charge in [-0.05, 0) is 35.0 Å². The van der Waals surface area contributed by atoms with Crippen molar-refractivity contribution >= 4 is 97.5 Å². The number of hydrogen-bond acceptors (Lipinski definition) is 17. The predicted octanol–water partition coefficient (Wildman–Crippen LogP) is 6.61. The maximum absolute atomic E-state index is 11.7. The summed E-state index contributed by atoms with van der Waals surface area (Å²) in [4.78, 5) is 19.1. The van der Waals surface area contributed by atoms with Gasteiger partial charge in [-0.15, -0.1) is 20.5 Å². The second-order valence-corrected chi connectivity index (χ2v) is 15.8. The average molecular weight is 901 g/mol. The van der Waals surface area contributed by atoms with Crippen LogP contribution in [0.4, 0.5) is 34.1 Å². The van der Waals surface area contributed by atoms with Gasteiger partial charge in [0.05, 0.1) is 14.7 Å². The molecule has 312 valence electrons. The van der Waals surface area contributed by atoms with E-state index in [2.05, 4.69) is 20.5 Å². The monoisotopic (exact) mass is 900 g/mol. The number of nitro benzene ring substituents is 2. The quantitative estimate of drug-likeness (QED) is 0.0352. The summed E-state index contributed by atoms with van der Waals surface area (Å²) in [7, 11) is -9.86. The number of fused-ring (bicyclic) bond motifs is 4. The fraction of sp³-hybridized carbons (Fsp3) is 0. The zero-order valence-electron chi connectivity index (χ0n) is 32.0. The van der Waals surface area contributed by atoms with Gasteiger partial charge in [0, 0.05) is 68.7 Å². The first-order valence-electron chi connectivity index (χ1n) is 17.4. The normalized spacial score (nSPS) is 11.8. The fourth-order valence-corrected chi connectivity index (χ4v) is 7.82. The molecule has 0 saturated carbocycles. The van der Waals surface area contributed by atoms with E-state index in [0.717, 1.165) is 47.2 Å². The minimum atomic E-state index is -5.05. The molecule has 20 nitrogen and oxygen atoms in total. The molecule has 63 heavy (non-hydrogen) atoms. The molecule has 0 amide bonds. The summed E-state index contributed by atoms with van der Waals surface area (Å²) in [6.45, 7) is 0. The first-order chi connectivity index (χ1) is 29.3. The standard InChI is InChI=1S/2C20H13N3O7S.Na/c2*24-17-10-18(31(28,29)30)15-9-12(23(26)27)6-7-14(15)19(17)22-21-16-8-5-11-3-1-2-4-13(11)20(16)25;/h2*1-10,24-25H,(H,28,29,30);/q;;+1/p-1/b2*22-21+;. The van der Waals surface area contributed by atoms with Gasteiger partial charge in [-0.2, -0.15) is 8.42 Å². The Bertz CT molecular complexity index is 3270. The summed E-state index contributed by atoms with van der Waals surface area (Å²) in [5.74, 6) is -1.59. The molecule has 0 aliphatic carbocycles. The molecule has 0 spiro atoms. The number of phenolic OH excluding ortho intramolecular Hbond substituents is 4. The van der Waals surface area contributed by atoms with E-state index in [1.54, 1.807) is 54.6 Å². The van der Waals surface area contributed by atoms with Crippen LogP contribution in [0.5, 0.6) is 23.0 Å². The van der Waals surface area contributed by atoms with E-state index in [4.69, 9.17) is 0 Å². The van der Waals surface area contributed by atoms with E-state index in [9.17, 15) is 66.6 Å². The molecule has 5 N–H and O–H groups in total. The Morgan fingerprint density at radius 3 is 1.27 bits per heavy atom. The van der Waals surface area contributed by atoms with Gasteiger partial charge >= 0.3 is 29.6 Å². The number of hydrogen-bond donors (Lipinski definition) is 5. The Labute approximate surface area is 375 Å². The van der Waals surface area contributed by atoms with Crippen molar-refractivity contribution in [3.63, 3.8) is 0 Å². The van der Waals surface area contributed by atoms with Gasteiger partial charge < -0.3 is 25.0 Å². The van der Waals surface area contributed by atoms with Gasteiger partial charge in [-0.3, -0.25) is 24.8 Å². The Kier molecular flexibility index (Phi) is 12.7. The van der Waals surface area contributed by atoms with Crippen molar-refractivity contribution in [3.05, 3.63) is 142 Å². The minimum absolute atomic E-state index is 0. The largest absolute Gasteiger partial charge is 1.00 e. The van der Waals surface area contributed by atoms with E-state index in [0.29, 0.717) is 16.8 Å². The average Bonchev–Trinajstić information content (AvgIpc) is 3.23. The van der Waals surface area contributed by atoms with Crippen molar-refractivity contribution in [3.8, 4) is 23.0 Å². The molecule has 0 aromatic heterocycles. The van der Waals surface area contributed by atoms with Crippen LogP contribution >= 0.6 is 0 Å². The number of non-ortho nitro benzene ring substituents is 2. The van der Waals surface area contributed by atoms with Crippen LogP contribution in [-0.2, 0) is 20.2 Å². The number of benzene rings is 8. The third kappa shape index (κ3) is 9.22. The first kappa shape index (κ1) is 45.3. The van der Waals surface area contributed by atoms with Gasteiger partial charge in [0.25, 0.3) is 21.5 Å². The molecule has 0 atom stereocenters. The predicted molar refractivity (Wildman–Crippen MR) is 222 cm³/mol. The maximum atomic E-state index is 11.7. The Hall–Kier alpha value is -7.18. The summed E-state index contributed by atoms with van der Waals surface area (Å²) in [5, 5.41) is 81.5. The van der Waals surface area contributed by atoms with Crippen molar-refractivity contribution in [1.29, 1.82) is 0 Å². The second kappa shape index (κ2) is 17.7. The van der Waals surface area contributed by atoms with Crippen LogP contribution in [-0.4, -0.2) is 56.2 Å². The van der Waals surface area contributed by atoms with E-state index < -0.39 is 62.7 Å². The number of nitrogens with zero attached hydrogens (tertiary/aromatic N) is 6. The molecule has 0 unspecified atom stereocenters. The van der Waals surface area contributed by atoms with Crippen LogP contribution in [0.2, 0.25) is 0 Å². The third-order valence-electron chi connectivity index (χ3n) is 9.31. The molecule has 0 heterocycles. The molecule has 23 heteroatoms. The van der Waals surface area contributed by atoms with Crippen LogP contribution < -0.4 is 29.6 Å². The molecular weight excluding hydrogens is 876 g/mol. The number of aromatic hydroxyl groups is 4. The second-order valence-electron chi connectivity index (χ2n) is 13.1. The SMILES string of the molecule is O=[N+]([O-])c1ccc2c(/N=N/c3ccc4ccccc4c3O)c(O)cc(S(=O)(=O)O)c2c1.O=[N+]([O-])c1ccc2c(/N=N/c3ccc4ccccc4c3O)c(O)cc(S(=O)(=O)[O-])c2c1.[Na+]. The molecule has 8 aromatic carbocycles. The van der Waals surface area contributed by atoms with Crippen molar-refractivity contribution in [2.24, 2.45) is 20.5 Å². The smallest absolute Gasteiger partial charge is 0.744 e. The topological polar surface area (TPSA) is 328 Å². The number of phenols is 4. The number of azo groups is 2. The molecule has 0 radical (unpaired) electrons. The minimum Gasteiger partial charge on any atom is -0.744 e. The molecule has 8 rings (SSSR count). The molecule has 8 aromatic rings. The van der Waals surface area contributed by atoms with Gasteiger partial charge in [0.1, 0.15) is 49.3 Å². The Morgan fingerprint density at radius 2 is 0.873 bits per heavy atom.